The quantitative estimate of drug-likeness (QED) is 0.162. The van der Waals surface area contributed by atoms with Crippen molar-refractivity contribution in [1.82, 2.24) is 0 Å². The number of hydrogen-bond acceptors (Lipinski definition) is 12. The summed E-state index contributed by atoms with van der Waals surface area (Å²) in [6.45, 7) is 12.0. The summed E-state index contributed by atoms with van der Waals surface area (Å²) < 4.78 is 29.7. The van der Waals surface area contributed by atoms with E-state index in [2.05, 4.69) is 0 Å². The maximum Gasteiger partial charge on any atom is 3.00 e. The number of benzene rings is 12. The van der Waals surface area contributed by atoms with Gasteiger partial charge in [-0.15, -0.1) is 34.5 Å². The van der Waals surface area contributed by atoms with E-state index in [0.717, 1.165) is 144 Å². The fraction of sp³-hybridized carbons (Fsp3) is 0.286. The fourth-order valence-corrected chi connectivity index (χ4v) is 12.1. The molecule has 6 heterocycles. The third-order valence-corrected chi connectivity index (χ3v) is 17.1. The first-order valence-electron chi connectivity index (χ1n) is 33.9. The minimum absolute atomic E-state index is 0. The topological polar surface area (TPSA) is 194 Å². The number of ether oxygens (including phenoxy) is 6. The Balaban J connectivity index is 0.000000192. The summed E-state index contributed by atoms with van der Waals surface area (Å²) in [5, 5.41) is 85.7. The Morgan fingerprint density at radius 3 is 0.400 bits per heavy atom. The van der Waals surface area contributed by atoms with Gasteiger partial charge in [0.05, 0.1) is 0 Å². The van der Waals surface area contributed by atoms with Crippen LogP contribution in [0, 0.1) is 35.6 Å². The molecule has 100 heavy (non-hydrogen) atoms. The molecule has 0 spiro atoms. The van der Waals surface area contributed by atoms with Crippen LogP contribution in [0.3, 0.4) is 0 Å². The summed E-state index contributed by atoms with van der Waals surface area (Å²) in [7, 11) is 0. The Labute approximate surface area is 682 Å². The SMILES string of the molecule is C1CCOC1.C1CCOC1.C1CCOC1.C1CCOC1.C1CCOC1.C1CCOC1.[La+3].[Na+].[Na+].[Na+].[O-]c1ccc2ccccc2c1-c1c([O-])ccc2ccccc12.[O-]c1ccc2ccccc2c1-c1c([O-])ccc2ccccc12.[O-]c1ccc2ccccc2c1-c1c([O-])ccc2ccccc12. The van der Waals surface area contributed by atoms with E-state index < -0.39 is 0 Å². The molecule has 18 rings (SSSR count). The molecule has 6 fully saturated rings. The van der Waals surface area contributed by atoms with Gasteiger partial charge in [0.1, 0.15) is 0 Å². The molecular formula is C84H84LaNa3O12. The summed E-state index contributed by atoms with van der Waals surface area (Å²) in [6.07, 6.45) is 15.3. The summed E-state index contributed by atoms with van der Waals surface area (Å²) in [4.78, 5) is 0. The van der Waals surface area contributed by atoms with Gasteiger partial charge in [0.2, 0.25) is 0 Å². The van der Waals surface area contributed by atoms with Crippen molar-refractivity contribution in [2.45, 2.75) is 77.0 Å². The molecule has 0 radical (unpaired) electrons. The minimum Gasteiger partial charge on any atom is -0.872 e. The van der Waals surface area contributed by atoms with E-state index >= 15 is 0 Å². The van der Waals surface area contributed by atoms with Gasteiger partial charge in [-0.3, -0.25) is 0 Å². The summed E-state index contributed by atoms with van der Waals surface area (Å²) in [5.74, 6) is -0.710. The molecular weight excluding hydrogens is 1410 g/mol. The van der Waals surface area contributed by atoms with E-state index in [4.69, 9.17) is 28.4 Å². The molecule has 12 aromatic rings. The molecule has 0 aliphatic carbocycles. The van der Waals surface area contributed by atoms with Crippen LogP contribution in [-0.4, -0.2) is 79.3 Å². The van der Waals surface area contributed by atoms with Crippen LogP contribution >= 0.6 is 0 Å². The first-order chi connectivity index (χ1) is 47.3. The molecule has 12 nitrogen and oxygen atoms in total. The van der Waals surface area contributed by atoms with Crippen molar-refractivity contribution in [1.29, 1.82) is 0 Å². The summed E-state index contributed by atoms with van der Waals surface area (Å²) in [6, 6.07) is 66.1. The van der Waals surface area contributed by atoms with Crippen molar-refractivity contribution in [2.24, 2.45) is 0 Å². The Bertz CT molecular complexity index is 3630. The maximum absolute atomic E-state index is 12.5. The second-order valence-electron chi connectivity index (χ2n) is 23.9. The predicted octanol–water partition coefficient (Wildman–Crippen LogP) is 7.21. The van der Waals surface area contributed by atoms with Crippen molar-refractivity contribution >= 4 is 64.6 Å². The number of hydrogen-bond donors (Lipinski definition) is 0. The van der Waals surface area contributed by atoms with Gasteiger partial charge in [-0.05, 0) is 175 Å². The van der Waals surface area contributed by atoms with Gasteiger partial charge in [0, 0.05) is 79.3 Å². The van der Waals surface area contributed by atoms with Crippen molar-refractivity contribution in [3.63, 3.8) is 0 Å². The Morgan fingerprint density at radius 1 is 0.170 bits per heavy atom. The fourth-order valence-electron chi connectivity index (χ4n) is 12.1. The zero-order valence-corrected chi connectivity index (χ0v) is 67.9. The molecule has 0 bridgehead atoms. The van der Waals surface area contributed by atoms with Gasteiger partial charge >= 0.3 is 124 Å². The predicted molar refractivity (Wildman–Crippen MR) is 378 cm³/mol. The third-order valence-electron chi connectivity index (χ3n) is 17.1. The van der Waals surface area contributed by atoms with E-state index in [1.165, 1.54) is 77.0 Å². The Hall–Kier alpha value is -5.05. The smallest absolute Gasteiger partial charge is 0.872 e. The van der Waals surface area contributed by atoms with Crippen LogP contribution < -0.4 is 119 Å². The first-order valence-corrected chi connectivity index (χ1v) is 33.9. The number of rotatable bonds is 3. The van der Waals surface area contributed by atoms with Crippen molar-refractivity contribution in [3.8, 4) is 67.9 Å². The van der Waals surface area contributed by atoms with E-state index in [1.807, 2.05) is 146 Å². The average Bonchev–Trinajstić information content (AvgIpc) is 0.886. The van der Waals surface area contributed by atoms with Gasteiger partial charge in [-0.25, -0.2) is 0 Å². The van der Waals surface area contributed by atoms with Crippen LogP contribution in [-0.2, 0) is 28.4 Å². The minimum atomic E-state index is -0.118. The molecule has 0 saturated carbocycles. The largest absolute Gasteiger partial charge is 3.00 e. The van der Waals surface area contributed by atoms with Crippen molar-refractivity contribution in [3.05, 3.63) is 218 Å². The van der Waals surface area contributed by atoms with Crippen molar-refractivity contribution < 1.29 is 183 Å². The van der Waals surface area contributed by atoms with E-state index in [-0.39, 0.29) is 159 Å². The molecule has 16 heteroatoms. The monoisotopic (exact) mass is 1490 g/mol. The molecule has 0 aromatic heterocycles. The second-order valence-corrected chi connectivity index (χ2v) is 23.9. The van der Waals surface area contributed by atoms with Crippen LogP contribution in [0.15, 0.2) is 218 Å². The van der Waals surface area contributed by atoms with Gasteiger partial charge in [0.15, 0.2) is 0 Å². The zero-order valence-electron chi connectivity index (χ0n) is 58.2. The third kappa shape index (κ3) is 24.0. The molecule has 0 N–H and O–H groups in total. The first kappa shape index (κ1) is 83.9. The van der Waals surface area contributed by atoms with Crippen LogP contribution in [0.25, 0.3) is 98.0 Å². The van der Waals surface area contributed by atoms with Gasteiger partial charge < -0.3 is 59.1 Å². The molecule has 6 saturated heterocycles. The summed E-state index contributed by atoms with van der Waals surface area (Å²) >= 11 is 0. The van der Waals surface area contributed by atoms with Crippen LogP contribution in [0.1, 0.15) is 77.0 Å². The van der Waals surface area contributed by atoms with E-state index in [1.54, 1.807) is 72.8 Å². The molecule has 0 unspecified atom stereocenters. The normalized spacial score (nSPS) is 14.5. The summed E-state index contributed by atoms with van der Waals surface area (Å²) in [5.41, 5.74) is 3.00. The number of fused-ring (bicyclic) bond motifs is 6. The van der Waals surface area contributed by atoms with Crippen molar-refractivity contribution in [2.75, 3.05) is 79.3 Å². The van der Waals surface area contributed by atoms with Crippen LogP contribution in [0.5, 0.6) is 34.5 Å². The van der Waals surface area contributed by atoms with Gasteiger partial charge in [-0.2, -0.15) is 0 Å². The van der Waals surface area contributed by atoms with Crippen LogP contribution in [0.2, 0.25) is 0 Å². The molecule has 12 aromatic carbocycles. The molecule has 6 aliphatic rings. The standard InChI is InChI=1S/3C20H14O2.6C4H8O.La.3Na/c3*21-17-11-9-13-5-1-3-7-15(13)19(17)20-16-8-4-2-6-14(16)10-12-18(20)22;6*1-2-4-5-3-1;;;;/h3*1-12,21-22H;6*1-4H2;;;;/q;;;;;;;;;+3;3*+1/p-6. The van der Waals surface area contributed by atoms with E-state index in [0.29, 0.717) is 33.4 Å². The molecule has 498 valence electrons. The Kier molecular flexibility index (Phi) is 38.5. The molecule has 6 aliphatic heterocycles. The molecule has 0 amide bonds. The van der Waals surface area contributed by atoms with Crippen LogP contribution in [0.4, 0.5) is 0 Å². The maximum atomic E-state index is 12.5. The molecule has 0 atom stereocenters. The van der Waals surface area contributed by atoms with Gasteiger partial charge in [0.25, 0.3) is 0 Å². The second kappa shape index (κ2) is 45.9. The Morgan fingerprint density at radius 2 is 0.290 bits per heavy atom. The zero-order chi connectivity index (χ0) is 66.5. The van der Waals surface area contributed by atoms with Gasteiger partial charge in [-0.1, -0.05) is 218 Å². The average molecular weight is 1490 g/mol. The van der Waals surface area contributed by atoms with E-state index in [9.17, 15) is 30.6 Å².